The van der Waals surface area contributed by atoms with Crippen LogP contribution >= 0.6 is 23.6 Å². The number of fused-ring (bicyclic) bond motifs is 2. The Labute approximate surface area is 133 Å². The van der Waals surface area contributed by atoms with Crippen LogP contribution < -0.4 is 0 Å². The molecule has 0 amide bonds. The summed E-state index contributed by atoms with van der Waals surface area (Å²) >= 11 is 7.26. The highest BCUT2D eigenvalue weighted by Crippen LogP contribution is 2.25. The van der Waals surface area contributed by atoms with Gasteiger partial charge in [0.25, 0.3) is 0 Å². The van der Waals surface area contributed by atoms with E-state index in [1.54, 1.807) is 11.3 Å². The van der Waals surface area contributed by atoms with E-state index in [1.807, 2.05) is 0 Å². The monoisotopic (exact) mass is 312 g/mol. The van der Waals surface area contributed by atoms with Crippen molar-refractivity contribution in [1.82, 2.24) is 9.47 Å². The summed E-state index contributed by atoms with van der Waals surface area (Å²) in [5, 5.41) is 0. The summed E-state index contributed by atoms with van der Waals surface area (Å²) in [7, 11) is 0. The third kappa shape index (κ3) is 2.44. The fourth-order valence-corrected chi connectivity index (χ4v) is 4.33. The third-order valence-electron chi connectivity index (χ3n) is 4.12. The van der Waals surface area contributed by atoms with E-state index in [-0.39, 0.29) is 0 Å². The Balaban J connectivity index is 1.65. The van der Waals surface area contributed by atoms with Crippen molar-refractivity contribution >= 4 is 33.8 Å². The average molecular weight is 312 g/mol. The minimum absolute atomic E-state index is 0.886. The molecule has 106 valence electrons. The normalized spacial score (nSPS) is 15.2. The minimum atomic E-state index is 0.886. The summed E-state index contributed by atoms with van der Waals surface area (Å²) in [5.41, 5.74) is 4.20. The van der Waals surface area contributed by atoms with Gasteiger partial charge in [-0.1, -0.05) is 36.4 Å². The van der Waals surface area contributed by atoms with E-state index in [9.17, 15) is 0 Å². The molecule has 2 aromatic carbocycles. The van der Waals surface area contributed by atoms with Crippen molar-refractivity contribution < 1.29 is 0 Å². The van der Waals surface area contributed by atoms with Crippen LogP contribution in [0.3, 0.4) is 0 Å². The number of nitrogens with zero attached hydrogens (tertiary/aromatic N) is 2. The van der Waals surface area contributed by atoms with Gasteiger partial charge < -0.3 is 4.57 Å². The SMILES string of the molecule is S=c1sc2ccccc2n1CN1CCc2ccccc2C1. The zero-order chi connectivity index (χ0) is 14.2. The van der Waals surface area contributed by atoms with Crippen molar-refractivity contribution in [2.75, 3.05) is 6.54 Å². The summed E-state index contributed by atoms with van der Waals surface area (Å²) < 4.78 is 4.51. The first kappa shape index (κ1) is 13.2. The highest BCUT2D eigenvalue weighted by molar-refractivity contribution is 7.73. The quantitative estimate of drug-likeness (QED) is 0.646. The standard InChI is InChI=1S/C17H16N2S2/c20-17-19(15-7-3-4-8-16(15)21-17)12-18-10-9-13-5-1-2-6-14(13)11-18/h1-8H,9-12H2. The molecular weight excluding hydrogens is 296 g/mol. The highest BCUT2D eigenvalue weighted by Gasteiger charge is 2.16. The molecule has 1 aromatic heterocycles. The zero-order valence-electron chi connectivity index (χ0n) is 11.7. The van der Waals surface area contributed by atoms with Crippen molar-refractivity contribution in [3.63, 3.8) is 0 Å². The Hall–Kier alpha value is -1.49. The fourth-order valence-electron chi connectivity index (χ4n) is 3.02. The molecule has 0 atom stereocenters. The van der Waals surface area contributed by atoms with E-state index < -0.39 is 0 Å². The van der Waals surface area contributed by atoms with Crippen LogP contribution in [0.2, 0.25) is 0 Å². The number of hydrogen-bond donors (Lipinski definition) is 0. The Kier molecular flexibility index (Phi) is 3.37. The van der Waals surface area contributed by atoms with Gasteiger partial charge >= 0.3 is 0 Å². The van der Waals surface area contributed by atoms with Crippen molar-refractivity contribution in [2.45, 2.75) is 19.6 Å². The number of rotatable bonds is 2. The Morgan fingerprint density at radius 1 is 1.00 bits per heavy atom. The molecule has 0 fully saturated rings. The number of aromatic nitrogens is 1. The fraction of sp³-hybridized carbons (Fsp3) is 0.235. The lowest BCUT2D eigenvalue weighted by Crippen LogP contribution is -2.32. The molecular formula is C17H16N2S2. The number of hydrogen-bond acceptors (Lipinski definition) is 3. The van der Waals surface area contributed by atoms with Crippen LogP contribution in [0.4, 0.5) is 0 Å². The number of para-hydroxylation sites is 1. The lowest BCUT2D eigenvalue weighted by Gasteiger charge is -2.29. The van der Waals surface area contributed by atoms with Crippen LogP contribution in [-0.4, -0.2) is 16.0 Å². The summed E-state index contributed by atoms with van der Waals surface area (Å²) in [6.45, 7) is 3.00. The van der Waals surface area contributed by atoms with Gasteiger partial charge in [0.05, 0.1) is 16.9 Å². The van der Waals surface area contributed by atoms with Crippen LogP contribution in [0, 0.1) is 3.95 Å². The van der Waals surface area contributed by atoms with E-state index in [2.05, 4.69) is 58.0 Å². The molecule has 0 radical (unpaired) electrons. The molecule has 1 aliphatic heterocycles. The second-order valence-corrected chi connectivity index (χ2v) is 7.15. The molecule has 4 rings (SSSR count). The van der Waals surface area contributed by atoms with E-state index in [0.29, 0.717) is 0 Å². The Morgan fingerprint density at radius 3 is 2.67 bits per heavy atom. The first-order valence-corrected chi connectivity index (χ1v) is 8.41. The minimum Gasteiger partial charge on any atom is -0.309 e. The molecule has 0 saturated carbocycles. The smallest absolute Gasteiger partial charge is 0.163 e. The van der Waals surface area contributed by atoms with Crippen LogP contribution in [0.15, 0.2) is 48.5 Å². The summed E-state index contributed by atoms with van der Waals surface area (Å²) in [6, 6.07) is 17.2. The summed E-state index contributed by atoms with van der Waals surface area (Å²) in [4.78, 5) is 2.48. The maximum absolute atomic E-state index is 5.55. The predicted octanol–water partition coefficient (Wildman–Crippen LogP) is 4.45. The van der Waals surface area contributed by atoms with E-state index in [0.717, 1.165) is 30.1 Å². The van der Waals surface area contributed by atoms with Crippen LogP contribution in [0.5, 0.6) is 0 Å². The molecule has 0 bridgehead atoms. The van der Waals surface area contributed by atoms with E-state index in [4.69, 9.17) is 12.2 Å². The van der Waals surface area contributed by atoms with Crippen LogP contribution in [0.25, 0.3) is 10.2 Å². The molecule has 2 heterocycles. The van der Waals surface area contributed by atoms with Crippen molar-refractivity contribution in [2.24, 2.45) is 0 Å². The molecule has 0 N–H and O–H groups in total. The molecule has 0 spiro atoms. The van der Waals surface area contributed by atoms with Crippen LogP contribution in [-0.2, 0) is 19.6 Å². The third-order valence-corrected chi connectivity index (χ3v) is 5.56. The van der Waals surface area contributed by atoms with E-state index in [1.165, 1.54) is 21.3 Å². The maximum atomic E-state index is 5.55. The molecule has 2 nitrogen and oxygen atoms in total. The first-order valence-electron chi connectivity index (χ1n) is 7.19. The second-order valence-electron chi connectivity index (χ2n) is 5.48. The summed E-state index contributed by atoms with van der Waals surface area (Å²) in [5.74, 6) is 0. The second kappa shape index (κ2) is 5.37. The largest absolute Gasteiger partial charge is 0.309 e. The van der Waals surface area contributed by atoms with Gasteiger partial charge in [0, 0.05) is 13.1 Å². The highest BCUT2D eigenvalue weighted by atomic mass is 32.1. The first-order chi connectivity index (χ1) is 10.3. The van der Waals surface area contributed by atoms with Gasteiger partial charge in [-0.25, -0.2) is 0 Å². The lowest BCUT2D eigenvalue weighted by molar-refractivity contribution is 0.203. The molecule has 1 aliphatic rings. The molecule has 0 saturated heterocycles. The van der Waals surface area contributed by atoms with Gasteiger partial charge in [-0.15, -0.1) is 11.3 Å². The summed E-state index contributed by atoms with van der Waals surface area (Å²) in [6.07, 6.45) is 1.13. The molecule has 4 heteroatoms. The van der Waals surface area contributed by atoms with Crippen molar-refractivity contribution in [3.05, 3.63) is 63.6 Å². The number of thiazole rings is 1. The average Bonchev–Trinajstić information content (AvgIpc) is 2.83. The van der Waals surface area contributed by atoms with Gasteiger partial charge in [-0.3, -0.25) is 4.90 Å². The lowest BCUT2D eigenvalue weighted by atomic mass is 10.0. The van der Waals surface area contributed by atoms with Gasteiger partial charge in [0.2, 0.25) is 0 Å². The molecule has 0 unspecified atom stereocenters. The maximum Gasteiger partial charge on any atom is 0.163 e. The topological polar surface area (TPSA) is 8.17 Å². The Bertz CT molecular complexity index is 847. The van der Waals surface area contributed by atoms with Gasteiger partial charge in [-0.2, -0.15) is 0 Å². The van der Waals surface area contributed by atoms with Gasteiger partial charge in [0.15, 0.2) is 3.95 Å². The number of benzene rings is 2. The van der Waals surface area contributed by atoms with Crippen molar-refractivity contribution in [1.29, 1.82) is 0 Å². The molecule has 3 aromatic rings. The van der Waals surface area contributed by atoms with Crippen LogP contribution in [0.1, 0.15) is 11.1 Å². The zero-order valence-corrected chi connectivity index (χ0v) is 13.3. The van der Waals surface area contributed by atoms with Crippen molar-refractivity contribution in [3.8, 4) is 0 Å². The van der Waals surface area contributed by atoms with E-state index >= 15 is 0 Å². The molecule has 21 heavy (non-hydrogen) atoms. The Morgan fingerprint density at radius 2 is 1.76 bits per heavy atom. The van der Waals surface area contributed by atoms with Gasteiger partial charge in [0.1, 0.15) is 0 Å². The molecule has 0 aliphatic carbocycles. The predicted molar refractivity (Wildman–Crippen MR) is 91.2 cm³/mol. The van der Waals surface area contributed by atoms with Gasteiger partial charge in [-0.05, 0) is 41.9 Å².